The highest BCUT2D eigenvalue weighted by Gasteiger charge is 2.08. The summed E-state index contributed by atoms with van der Waals surface area (Å²) in [5.74, 6) is -0.00841. The van der Waals surface area contributed by atoms with Crippen LogP contribution in [0.1, 0.15) is 31.0 Å². The van der Waals surface area contributed by atoms with Gasteiger partial charge in [0.05, 0.1) is 12.6 Å². The van der Waals surface area contributed by atoms with Gasteiger partial charge >= 0.3 is 0 Å². The van der Waals surface area contributed by atoms with Gasteiger partial charge in [-0.05, 0) is 36.6 Å². The summed E-state index contributed by atoms with van der Waals surface area (Å²) < 4.78 is 0. The highest BCUT2D eigenvalue weighted by molar-refractivity contribution is 5.81. The third kappa shape index (κ3) is 4.63. The lowest BCUT2D eigenvalue weighted by Crippen LogP contribution is -2.32. The van der Waals surface area contributed by atoms with Gasteiger partial charge in [-0.15, -0.1) is 0 Å². The van der Waals surface area contributed by atoms with Crippen LogP contribution in [0.2, 0.25) is 0 Å². The maximum absolute atomic E-state index is 11.9. The Balaban J connectivity index is 1.81. The summed E-state index contributed by atoms with van der Waals surface area (Å²) in [6, 6.07) is 18.1. The van der Waals surface area contributed by atoms with Crippen molar-refractivity contribution in [1.29, 1.82) is 0 Å². The lowest BCUT2D eigenvalue weighted by Gasteiger charge is -2.15. The number of aryl methyl sites for hydroxylation is 1. The van der Waals surface area contributed by atoms with Crippen LogP contribution in [-0.4, -0.2) is 12.5 Å². The van der Waals surface area contributed by atoms with E-state index in [0.717, 1.165) is 17.7 Å². The monoisotopic (exact) mass is 282 g/mol. The normalized spacial score (nSPS) is 11.7. The number of hydrogen-bond donors (Lipinski definition) is 2. The summed E-state index contributed by atoms with van der Waals surface area (Å²) in [4.78, 5) is 11.9. The van der Waals surface area contributed by atoms with Crippen LogP contribution in [0.15, 0.2) is 54.6 Å². The van der Waals surface area contributed by atoms with Crippen molar-refractivity contribution in [3.8, 4) is 0 Å². The van der Waals surface area contributed by atoms with Crippen molar-refractivity contribution in [2.75, 3.05) is 11.9 Å². The van der Waals surface area contributed by atoms with Gasteiger partial charge in [0.2, 0.25) is 5.91 Å². The second-order valence-electron chi connectivity index (χ2n) is 5.10. The van der Waals surface area contributed by atoms with E-state index < -0.39 is 0 Å². The van der Waals surface area contributed by atoms with Crippen LogP contribution in [0.25, 0.3) is 0 Å². The van der Waals surface area contributed by atoms with E-state index in [9.17, 15) is 4.79 Å². The van der Waals surface area contributed by atoms with Gasteiger partial charge in [0, 0.05) is 5.69 Å². The fraction of sp³-hybridized carbons (Fsp3) is 0.278. The van der Waals surface area contributed by atoms with E-state index in [1.165, 1.54) is 5.56 Å². The molecule has 0 bridgehead atoms. The van der Waals surface area contributed by atoms with Crippen LogP contribution in [0.5, 0.6) is 0 Å². The third-order valence-corrected chi connectivity index (χ3v) is 3.49. The topological polar surface area (TPSA) is 41.1 Å². The molecule has 0 spiro atoms. The SMILES string of the molecule is CCc1ccc(NCC(=O)NC(C)c2ccccc2)cc1. The Morgan fingerprint density at radius 1 is 1.05 bits per heavy atom. The first-order valence-electron chi connectivity index (χ1n) is 7.36. The molecule has 0 aromatic heterocycles. The fourth-order valence-corrected chi connectivity index (χ4v) is 2.16. The van der Waals surface area contributed by atoms with E-state index in [-0.39, 0.29) is 18.5 Å². The summed E-state index contributed by atoms with van der Waals surface area (Å²) in [5.41, 5.74) is 3.37. The van der Waals surface area contributed by atoms with Crippen LogP contribution in [0, 0.1) is 0 Å². The van der Waals surface area contributed by atoms with Crippen LogP contribution in [0.3, 0.4) is 0 Å². The van der Waals surface area contributed by atoms with Gasteiger partial charge in [-0.2, -0.15) is 0 Å². The molecule has 2 aromatic rings. The molecule has 1 atom stereocenters. The maximum atomic E-state index is 11.9. The number of carbonyl (C=O) groups is 1. The third-order valence-electron chi connectivity index (χ3n) is 3.49. The number of benzene rings is 2. The zero-order valence-corrected chi connectivity index (χ0v) is 12.6. The minimum Gasteiger partial charge on any atom is -0.376 e. The van der Waals surface area contributed by atoms with Crippen LogP contribution >= 0.6 is 0 Å². The molecule has 2 aromatic carbocycles. The summed E-state index contributed by atoms with van der Waals surface area (Å²) in [6.45, 7) is 4.40. The Hall–Kier alpha value is -2.29. The second kappa shape index (κ2) is 7.48. The Morgan fingerprint density at radius 2 is 1.71 bits per heavy atom. The van der Waals surface area contributed by atoms with Gasteiger partial charge in [0.1, 0.15) is 0 Å². The smallest absolute Gasteiger partial charge is 0.239 e. The molecule has 1 unspecified atom stereocenters. The summed E-state index contributed by atoms with van der Waals surface area (Å²) in [7, 11) is 0. The molecule has 2 N–H and O–H groups in total. The predicted molar refractivity (Wildman–Crippen MR) is 87.3 cm³/mol. The van der Waals surface area contributed by atoms with Gasteiger partial charge in [-0.1, -0.05) is 49.4 Å². The van der Waals surface area contributed by atoms with Gasteiger partial charge in [0.25, 0.3) is 0 Å². The van der Waals surface area contributed by atoms with E-state index in [2.05, 4.69) is 29.7 Å². The highest BCUT2D eigenvalue weighted by Crippen LogP contribution is 2.12. The number of carbonyl (C=O) groups excluding carboxylic acids is 1. The van der Waals surface area contributed by atoms with Gasteiger partial charge in [-0.25, -0.2) is 0 Å². The van der Waals surface area contributed by atoms with Crippen LogP contribution in [0.4, 0.5) is 5.69 Å². The quantitative estimate of drug-likeness (QED) is 0.851. The van der Waals surface area contributed by atoms with Crippen LogP contribution in [-0.2, 0) is 11.2 Å². The molecule has 0 aliphatic heterocycles. The standard InChI is InChI=1S/C18H22N2O/c1-3-15-9-11-17(12-10-15)19-13-18(21)20-14(2)16-7-5-4-6-8-16/h4-12,14,19H,3,13H2,1-2H3,(H,20,21). The summed E-state index contributed by atoms with van der Waals surface area (Å²) in [6.07, 6.45) is 1.02. The first-order chi connectivity index (χ1) is 10.2. The number of hydrogen-bond acceptors (Lipinski definition) is 2. The zero-order valence-electron chi connectivity index (χ0n) is 12.6. The zero-order chi connectivity index (χ0) is 15.1. The minimum atomic E-state index is -0.00841. The fourth-order valence-electron chi connectivity index (χ4n) is 2.16. The highest BCUT2D eigenvalue weighted by atomic mass is 16.1. The molecule has 3 heteroatoms. The van der Waals surface area contributed by atoms with Crippen molar-refractivity contribution in [2.45, 2.75) is 26.3 Å². The number of amides is 1. The Labute approximate surface area is 126 Å². The molecule has 1 amide bonds. The average Bonchev–Trinajstić information content (AvgIpc) is 2.54. The molecule has 21 heavy (non-hydrogen) atoms. The predicted octanol–water partition coefficient (Wildman–Crippen LogP) is 3.54. The number of rotatable bonds is 6. The Kier molecular flexibility index (Phi) is 5.38. The van der Waals surface area contributed by atoms with E-state index >= 15 is 0 Å². The van der Waals surface area contributed by atoms with Crippen LogP contribution < -0.4 is 10.6 Å². The van der Waals surface area contributed by atoms with Gasteiger partial charge in [0.15, 0.2) is 0 Å². The molecule has 0 saturated carbocycles. The summed E-state index contributed by atoms with van der Waals surface area (Å²) >= 11 is 0. The molecule has 0 radical (unpaired) electrons. The molecule has 110 valence electrons. The minimum absolute atomic E-state index is 0.00841. The van der Waals surface area contributed by atoms with Crippen molar-refractivity contribution < 1.29 is 4.79 Å². The van der Waals surface area contributed by atoms with Crippen molar-refractivity contribution in [3.63, 3.8) is 0 Å². The first kappa shape index (κ1) is 15.1. The molecule has 3 nitrogen and oxygen atoms in total. The molecule has 0 saturated heterocycles. The summed E-state index contributed by atoms with van der Waals surface area (Å²) in [5, 5.41) is 6.13. The van der Waals surface area contributed by atoms with Crippen molar-refractivity contribution in [3.05, 3.63) is 65.7 Å². The molecule has 0 aliphatic carbocycles. The van der Waals surface area contributed by atoms with E-state index in [1.54, 1.807) is 0 Å². The molecule has 0 heterocycles. The molecule has 0 aliphatic rings. The second-order valence-corrected chi connectivity index (χ2v) is 5.10. The van der Waals surface area contributed by atoms with E-state index in [0.29, 0.717) is 0 Å². The molecule has 0 fully saturated rings. The largest absolute Gasteiger partial charge is 0.376 e. The Morgan fingerprint density at radius 3 is 2.33 bits per heavy atom. The lowest BCUT2D eigenvalue weighted by molar-refractivity contribution is -0.120. The first-order valence-corrected chi connectivity index (χ1v) is 7.36. The molecular formula is C18H22N2O. The molecular weight excluding hydrogens is 260 g/mol. The van der Waals surface area contributed by atoms with E-state index in [4.69, 9.17) is 0 Å². The van der Waals surface area contributed by atoms with Crippen molar-refractivity contribution in [1.82, 2.24) is 5.32 Å². The average molecular weight is 282 g/mol. The van der Waals surface area contributed by atoms with Gasteiger partial charge in [-0.3, -0.25) is 4.79 Å². The van der Waals surface area contributed by atoms with E-state index in [1.807, 2.05) is 49.4 Å². The number of anilines is 1. The lowest BCUT2D eigenvalue weighted by atomic mass is 10.1. The van der Waals surface area contributed by atoms with Crippen molar-refractivity contribution >= 4 is 11.6 Å². The number of nitrogens with one attached hydrogen (secondary N) is 2. The molecule has 2 rings (SSSR count). The maximum Gasteiger partial charge on any atom is 0.239 e. The van der Waals surface area contributed by atoms with Gasteiger partial charge < -0.3 is 10.6 Å². The Bertz CT molecular complexity index is 564. The van der Waals surface area contributed by atoms with Crippen molar-refractivity contribution in [2.24, 2.45) is 0 Å².